The summed E-state index contributed by atoms with van der Waals surface area (Å²) in [5.41, 5.74) is 0.921. The van der Waals surface area contributed by atoms with Crippen molar-refractivity contribution in [1.29, 1.82) is 0 Å². The minimum atomic E-state index is -0.0437. The lowest BCUT2D eigenvalue weighted by molar-refractivity contribution is -0.128. The first-order valence-electron chi connectivity index (χ1n) is 7.44. The van der Waals surface area contributed by atoms with Gasteiger partial charge in [-0.3, -0.25) is 4.79 Å². The quantitative estimate of drug-likeness (QED) is 0.747. The molecule has 1 aromatic rings. The molecule has 0 bridgehead atoms. The molecule has 0 atom stereocenters. The van der Waals surface area contributed by atoms with Crippen LogP contribution < -0.4 is 9.47 Å². The molecule has 1 aromatic carbocycles. The molecule has 1 amide bonds. The number of rotatable bonds is 6. The van der Waals surface area contributed by atoms with Gasteiger partial charge in [0.05, 0.1) is 19.2 Å². The van der Waals surface area contributed by atoms with Crippen molar-refractivity contribution in [3.05, 3.63) is 35.4 Å². The number of hydrogen-bond acceptors (Lipinski definition) is 3. The predicted octanol–water partition coefficient (Wildman–Crippen LogP) is 3.81. The summed E-state index contributed by atoms with van der Waals surface area (Å²) in [6.07, 6.45) is 5.79. The Kier molecular flexibility index (Phi) is 5.72. The molecule has 2 rings (SSSR count). The molecule has 1 saturated carbocycles. The van der Waals surface area contributed by atoms with E-state index in [0.717, 1.165) is 31.2 Å². The van der Waals surface area contributed by atoms with Gasteiger partial charge in [-0.2, -0.15) is 0 Å². The number of nitrogens with zero attached hydrogens (tertiary/aromatic N) is 1. The van der Waals surface area contributed by atoms with Crippen molar-refractivity contribution in [2.24, 2.45) is 0 Å². The maximum Gasteiger partial charge on any atom is 0.246 e. The number of amides is 1. The molecule has 1 aliphatic rings. The van der Waals surface area contributed by atoms with Crippen LogP contribution in [0.15, 0.2) is 24.8 Å². The van der Waals surface area contributed by atoms with E-state index < -0.39 is 0 Å². The fourth-order valence-electron chi connectivity index (χ4n) is 2.98. The second-order valence-electron chi connectivity index (χ2n) is 5.42. The first kappa shape index (κ1) is 16.7. The number of benzene rings is 1. The highest BCUT2D eigenvalue weighted by atomic mass is 35.5. The summed E-state index contributed by atoms with van der Waals surface area (Å²) < 4.78 is 10.6. The van der Waals surface area contributed by atoms with Gasteiger partial charge in [-0.1, -0.05) is 31.0 Å². The van der Waals surface area contributed by atoms with Crippen molar-refractivity contribution < 1.29 is 14.3 Å². The van der Waals surface area contributed by atoms with Gasteiger partial charge in [0.2, 0.25) is 5.91 Å². The van der Waals surface area contributed by atoms with Gasteiger partial charge >= 0.3 is 0 Å². The van der Waals surface area contributed by atoms with Crippen LogP contribution in [0.25, 0.3) is 0 Å². The summed E-state index contributed by atoms with van der Waals surface area (Å²) in [5.74, 6) is 1.04. The Morgan fingerprint density at radius 1 is 1.36 bits per heavy atom. The van der Waals surface area contributed by atoms with Gasteiger partial charge in [0.15, 0.2) is 11.5 Å². The van der Waals surface area contributed by atoms with E-state index in [1.807, 2.05) is 17.0 Å². The summed E-state index contributed by atoms with van der Waals surface area (Å²) in [4.78, 5) is 14.1. The third-order valence-corrected chi connectivity index (χ3v) is 4.35. The molecule has 1 fully saturated rings. The lowest BCUT2D eigenvalue weighted by Crippen LogP contribution is -2.37. The molecule has 0 radical (unpaired) electrons. The van der Waals surface area contributed by atoms with Crippen LogP contribution in [-0.2, 0) is 11.3 Å². The van der Waals surface area contributed by atoms with E-state index in [1.165, 1.54) is 6.08 Å². The summed E-state index contributed by atoms with van der Waals surface area (Å²) in [5, 5.41) is 0.481. The molecule has 0 spiro atoms. The first-order valence-corrected chi connectivity index (χ1v) is 7.82. The van der Waals surface area contributed by atoms with Crippen LogP contribution in [0.1, 0.15) is 31.2 Å². The molecule has 0 heterocycles. The molecule has 4 nitrogen and oxygen atoms in total. The summed E-state index contributed by atoms with van der Waals surface area (Å²) in [7, 11) is 3.12. The molecule has 0 aliphatic heterocycles. The third kappa shape index (κ3) is 3.55. The molecular formula is C17H22ClNO3. The first-order chi connectivity index (χ1) is 10.6. The van der Waals surface area contributed by atoms with Crippen LogP contribution in [-0.4, -0.2) is 31.1 Å². The van der Waals surface area contributed by atoms with Crippen molar-refractivity contribution in [3.8, 4) is 11.5 Å². The van der Waals surface area contributed by atoms with Gasteiger partial charge in [-0.05, 0) is 36.6 Å². The van der Waals surface area contributed by atoms with Crippen molar-refractivity contribution >= 4 is 17.5 Å². The van der Waals surface area contributed by atoms with Crippen LogP contribution in [0.5, 0.6) is 11.5 Å². The van der Waals surface area contributed by atoms with Gasteiger partial charge < -0.3 is 14.4 Å². The van der Waals surface area contributed by atoms with E-state index in [2.05, 4.69) is 6.58 Å². The Balaban J connectivity index is 2.27. The molecule has 22 heavy (non-hydrogen) atoms. The number of ether oxygens (including phenoxy) is 2. The van der Waals surface area contributed by atoms with E-state index >= 15 is 0 Å². The second kappa shape index (κ2) is 7.54. The fourth-order valence-corrected chi connectivity index (χ4v) is 3.29. The Labute approximate surface area is 136 Å². The average Bonchev–Trinajstić information content (AvgIpc) is 3.05. The summed E-state index contributed by atoms with van der Waals surface area (Å²) in [6, 6.07) is 3.96. The van der Waals surface area contributed by atoms with Crippen molar-refractivity contribution in [1.82, 2.24) is 4.90 Å². The maximum absolute atomic E-state index is 12.2. The largest absolute Gasteiger partial charge is 0.493 e. The SMILES string of the molecule is C=CC(=O)N(Cc1cc(Cl)c(OC)c(OC)c1)C1CCCC1. The highest BCUT2D eigenvalue weighted by Gasteiger charge is 2.26. The Morgan fingerprint density at radius 2 is 2.05 bits per heavy atom. The van der Waals surface area contributed by atoms with Crippen LogP contribution in [0.2, 0.25) is 5.02 Å². The van der Waals surface area contributed by atoms with E-state index in [4.69, 9.17) is 21.1 Å². The third-order valence-electron chi connectivity index (χ3n) is 4.07. The summed E-state index contributed by atoms with van der Waals surface area (Å²) >= 11 is 6.24. The molecule has 5 heteroatoms. The van der Waals surface area contributed by atoms with Crippen LogP contribution >= 0.6 is 11.6 Å². The van der Waals surface area contributed by atoms with Crippen LogP contribution in [0.4, 0.5) is 0 Å². The Bertz CT molecular complexity index is 553. The van der Waals surface area contributed by atoms with Gasteiger partial charge in [0, 0.05) is 12.6 Å². The van der Waals surface area contributed by atoms with Crippen molar-refractivity contribution in [2.45, 2.75) is 38.3 Å². The number of carbonyl (C=O) groups excluding carboxylic acids is 1. The monoisotopic (exact) mass is 323 g/mol. The molecular weight excluding hydrogens is 302 g/mol. The smallest absolute Gasteiger partial charge is 0.246 e. The van der Waals surface area contributed by atoms with E-state index in [9.17, 15) is 4.79 Å². The lowest BCUT2D eigenvalue weighted by atomic mass is 10.1. The molecule has 1 aliphatic carbocycles. The highest BCUT2D eigenvalue weighted by Crippen LogP contribution is 2.37. The van der Waals surface area contributed by atoms with Gasteiger partial charge in [-0.15, -0.1) is 0 Å². The van der Waals surface area contributed by atoms with E-state index in [-0.39, 0.29) is 11.9 Å². The normalized spacial score (nSPS) is 14.7. The van der Waals surface area contributed by atoms with Crippen molar-refractivity contribution in [3.63, 3.8) is 0 Å². The van der Waals surface area contributed by atoms with E-state index in [1.54, 1.807) is 14.2 Å². The lowest BCUT2D eigenvalue weighted by Gasteiger charge is -2.28. The Hall–Kier alpha value is -1.68. The topological polar surface area (TPSA) is 38.8 Å². The number of carbonyl (C=O) groups is 1. The minimum absolute atomic E-state index is 0.0437. The second-order valence-corrected chi connectivity index (χ2v) is 5.83. The fraction of sp³-hybridized carbons (Fsp3) is 0.471. The van der Waals surface area contributed by atoms with Crippen LogP contribution in [0.3, 0.4) is 0 Å². The van der Waals surface area contributed by atoms with Crippen LogP contribution in [0, 0.1) is 0 Å². The van der Waals surface area contributed by atoms with Gasteiger partial charge in [0.1, 0.15) is 0 Å². The molecule has 120 valence electrons. The number of hydrogen-bond donors (Lipinski definition) is 0. The van der Waals surface area contributed by atoms with Gasteiger partial charge in [0.25, 0.3) is 0 Å². The average molecular weight is 324 g/mol. The molecule has 0 aromatic heterocycles. The van der Waals surface area contributed by atoms with Gasteiger partial charge in [-0.25, -0.2) is 0 Å². The number of methoxy groups -OCH3 is 2. The molecule has 0 saturated heterocycles. The van der Waals surface area contributed by atoms with E-state index in [0.29, 0.717) is 23.1 Å². The zero-order valence-electron chi connectivity index (χ0n) is 13.1. The standard InChI is InChI=1S/C17H22ClNO3/c1-4-16(20)19(13-7-5-6-8-13)11-12-9-14(18)17(22-3)15(10-12)21-2/h4,9-10,13H,1,5-8,11H2,2-3H3. The summed E-state index contributed by atoms with van der Waals surface area (Å²) in [6.45, 7) is 4.11. The van der Waals surface area contributed by atoms with Crippen molar-refractivity contribution in [2.75, 3.05) is 14.2 Å². The number of halogens is 1. The zero-order valence-corrected chi connectivity index (χ0v) is 13.9. The minimum Gasteiger partial charge on any atom is -0.493 e. The molecule has 0 unspecified atom stereocenters. The Morgan fingerprint density at radius 3 is 2.59 bits per heavy atom. The molecule has 0 N–H and O–H groups in total. The highest BCUT2D eigenvalue weighted by molar-refractivity contribution is 6.32. The zero-order chi connectivity index (χ0) is 16.1. The predicted molar refractivity (Wildman–Crippen MR) is 87.6 cm³/mol. The maximum atomic E-state index is 12.2.